The molecule has 0 aromatic carbocycles. The molecule has 0 radical (unpaired) electrons. The Bertz CT molecular complexity index is 536. The Morgan fingerprint density at radius 1 is 1.19 bits per heavy atom. The topological polar surface area (TPSA) is 74.2 Å². The summed E-state index contributed by atoms with van der Waals surface area (Å²) in [6.45, 7) is 0. The molecule has 4 saturated carbocycles. The monoisotopic (exact) mass is 325 g/mol. The van der Waals surface area contributed by atoms with Crippen LogP contribution in [0.25, 0.3) is 0 Å². The molecule has 0 unspecified atom stereocenters. The summed E-state index contributed by atoms with van der Waals surface area (Å²) in [5.74, 6) is 0.903. The average molecular weight is 326 g/mol. The van der Waals surface area contributed by atoms with E-state index in [0.717, 1.165) is 19.3 Å². The predicted octanol–water partition coefficient (Wildman–Crippen LogP) is 2.41. The van der Waals surface area contributed by atoms with Crippen molar-refractivity contribution in [3.63, 3.8) is 0 Å². The van der Waals surface area contributed by atoms with Gasteiger partial charge >= 0.3 is 6.36 Å². The van der Waals surface area contributed by atoms with Gasteiger partial charge in [0, 0.05) is 11.5 Å². The van der Waals surface area contributed by atoms with Crippen molar-refractivity contribution in [2.24, 2.45) is 5.73 Å². The summed E-state index contributed by atoms with van der Waals surface area (Å²) in [6, 6.07) is 0. The van der Waals surface area contributed by atoms with Gasteiger partial charge in [-0.3, -0.25) is 4.74 Å². The summed E-state index contributed by atoms with van der Waals surface area (Å²) in [5.41, 5.74) is 5.88. The van der Waals surface area contributed by atoms with E-state index in [1.165, 1.54) is 0 Å². The number of nitrogens with two attached hydrogens (primary N) is 1. The molecule has 5 nitrogen and oxygen atoms in total. The van der Waals surface area contributed by atoms with Gasteiger partial charge in [0.15, 0.2) is 0 Å². The minimum Gasteiger partial charge on any atom is -0.424 e. The summed E-state index contributed by atoms with van der Waals surface area (Å²) in [6.07, 6.45) is -2.22. The SMILES string of the molecule is Cl.N[C@]12C[C@](c3nnc(C4CC(OC(F)(F)F)C4)o3)(C1)C2. The summed E-state index contributed by atoms with van der Waals surface area (Å²) < 4.78 is 45.7. The summed E-state index contributed by atoms with van der Waals surface area (Å²) in [7, 11) is 0. The standard InChI is InChI=1S/C12H14F3N3O2.ClH/c13-12(14,15)20-7-1-6(2-7)8-17-18-9(19-8)10-3-11(16,4-10)5-10;/h6-7H,1-5,16H2;1H/t6?,7?,10-,11+;. The molecule has 21 heavy (non-hydrogen) atoms. The van der Waals surface area contributed by atoms with Crippen molar-refractivity contribution < 1.29 is 22.3 Å². The zero-order valence-corrected chi connectivity index (χ0v) is 11.8. The third kappa shape index (κ3) is 2.33. The molecule has 4 aliphatic carbocycles. The lowest BCUT2D eigenvalue weighted by molar-refractivity contribution is -0.352. The fraction of sp³-hybridized carbons (Fsp3) is 0.833. The van der Waals surface area contributed by atoms with Gasteiger partial charge in [0.1, 0.15) is 0 Å². The zero-order chi connectivity index (χ0) is 14.2. The van der Waals surface area contributed by atoms with Crippen LogP contribution < -0.4 is 5.73 Å². The maximum atomic E-state index is 12.0. The van der Waals surface area contributed by atoms with Crippen LogP contribution in [0.15, 0.2) is 4.42 Å². The second-order valence-corrected chi connectivity index (χ2v) is 6.47. The maximum absolute atomic E-state index is 12.0. The van der Waals surface area contributed by atoms with Gasteiger partial charge in [-0.1, -0.05) is 0 Å². The highest BCUT2D eigenvalue weighted by molar-refractivity contribution is 5.85. The third-order valence-electron chi connectivity index (χ3n) is 4.71. The molecule has 0 atom stereocenters. The number of rotatable bonds is 3. The van der Waals surface area contributed by atoms with Gasteiger partial charge in [0.2, 0.25) is 11.8 Å². The van der Waals surface area contributed by atoms with Crippen molar-refractivity contribution in [2.75, 3.05) is 0 Å². The Morgan fingerprint density at radius 2 is 1.81 bits per heavy atom. The van der Waals surface area contributed by atoms with Gasteiger partial charge in [-0.2, -0.15) is 0 Å². The summed E-state index contributed by atoms with van der Waals surface area (Å²) in [4.78, 5) is 0. The molecule has 118 valence electrons. The first kappa shape index (κ1) is 15.1. The van der Waals surface area contributed by atoms with Crippen LogP contribution in [0.4, 0.5) is 13.2 Å². The molecule has 1 heterocycles. The Balaban J connectivity index is 0.00000132. The van der Waals surface area contributed by atoms with Crippen LogP contribution in [0.3, 0.4) is 0 Å². The highest BCUT2D eigenvalue weighted by Gasteiger charge is 2.69. The van der Waals surface area contributed by atoms with Crippen LogP contribution in [0, 0.1) is 0 Å². The van der Waals surface area contributed by atoms with Gasteiger partial charge in [-0.25, -0.2) is 0 Å². The van der Waals surface area contributed by atoms with Crippen LogP contribution in [0.1, 0.15) is 49.8 Å². The molecule has 0 amide bonds. The minimum absolute atomic E-state index is 0. The van der Waals surface area contributed by atoms with Gasteiger partial charge in [0.05, 0.1) is 11.5 Å². The number of ether oxygens (including phenoxy) is 1. The van der Waals surface area contributed by atoms with Crippen molar-refractivity contribution in [1.29, 1.82) is 0 Å². The van der Waals surface area contributed by atoms with E-state index in [4.69, 9.17) is 10.2 Å². The van der Waals surface area contributed by atoms with E-state index in [-0.39, 0.29) is 42.1 Å². The second kappa shape index (κ2) is 4.33. The van der Waals surface area contributed by atoms with E-state index >= 15 is 0 Å². The Hall–Kier alpha value is -0.860. The van der Waals surface area contributed by atoms with Gasteiger partial charge in [-0.05, 0) is 32.1 Å². The predicted molar refractivity (Wildman–Crippen MR) is 66.9 cm³/mol. The van der Waals surface area contributed by atoms with E-state index < -0.39 is 12.5 Å². The van der Waals surface area contributed by atoms with E-state index in [1.807, 2.05) is 0 Å². The highest BCUT2D eigenvalue weighted by atomic mass is 35.5. The molecule has 4 aliphatic rings. The van der Waals surface area contributed by atoms with Crippen LogP contribution in [-0.2, 0) is 10.2 Å². The first-order chi connectivity index (χ1) is 9.27. The Morgan fingerprint density at radius 3 is 2.33 bits per heavy atom. The molecule has 0 spiro atoms. The number of hydrogen-bond donors (Lipinski definition) is 1. The van der Waals surface area contributed by atoms with Crippen molar-refractivity contribution in [3.05, 3.63) is 11.8 Å². The first-order valence-corrected chi connectivity index (χ1v) is 6.64. The van der Waals surface area contributed by atoms with E-state index in [2.05, 4.69) is 14.9 Å². The van der Waals surface area contributed by atoms with Crippen LogP contribution in [0.2, 0.25) is 0 Å². The maximum Gasteiger partial charge on any atom is 0.522 e. The van der Waals surface area contributed by atoms with Crippen LogP contribution >= 0.6 is 12.4 Å². The smallest absolute Gasteiger partial charge is 0.424 e. The number of aromatic nitrogens is 2. The highest BCUT2D eigenvalue weighted by Crippen LogP contribution is 2.66. The van der Waals surface area contributed by atoms with Crippen molar-refractivity contribution in [2.45, 2.75) is 61.4 Å². The lowest BCUT2D eigenvalue weighted by Crippen LogP contribution is -2.74. The molecule has 1 aromatic heterocycles. The Labute approximate surface area is 124 Å². The van der Waals surface area contributed by atoms with Crippen molar-refractivity contribution in [3.8, 4) is 0 Å². The number of hydrogen-bond acceptors (Lipinski definition) is 5. The molecule has 1 aromatic rings. The van der Waals surface area contributed by atoms with Crippen molar-refractivity contribution >= 4 is 12.4 Å². The summed E-state index contributed by atoms with van der Waals surface area (Å²) in [5, 5.41) is 8.02. The van der Waals surface area contributed by atoms with Gasteiger partial charge in [-0.15, -0.1) is 35.8 Å². The molecule has 2 N–H and O–H groups in total. The van der Waals surface area contributed by atoms with E-state index in [1.54, 1.807) is 0 Å². The fourth-order valence-electron chi connectivity index (χ4n) is 3.76. The van der Waals surface area contributed by atoms with Gasteiger partial charge in [0.25, 0.3) is 0 Å². The molecule has 0 saturated heterocycles. The molecular weight excluding hydrogens is 311 g/mol. The average Bonchev–Trinajstić information content (AvgIpc) is 2.64. The second-order valence-electron chi connectivity index (χ2n) is 6.47. The van der Waals surface area contributed by atoms with Crippen LogP contribution in [-0.4, -0.2) is 28.2 Å². The molecule has 9 heteroatoms. The lowest BCUT2D eigenvalue weighted by Gasteiger charge is -2.66. The molecule has 0 aliphatic heterocycles. The van der Waals surface area contributed by atoms with E-state index in [0.29, 0.717) is 11.8 Å². The lowest BCUT2D eigenvalue weighted by atomic mass is 9.40. The fourth-order valence-corrected chi connectivity index (χ4v) is 3.76. The molecule has 5 rings (SSSR count). The normalized spacial score (nSPS) is 40.6. The Kier molecular flexibility index (Phi) is 3.10. The number of alkyl halides is 3. The molecular formula is C12H15ClF3N3O2. The minimum atomic E-state index is -4.57. The largest absolute Gasteiger partial charge is 0.522 e. The van der Waals surface area contributed by atoms with Crippen LogP contribution in [0.5, 0.6) is 0 Å². The quantitative estimate of drug-likeness (QED) is 0.923. The van der Waals surface area contributed by atoms with Crippen molar-refractivity contribution in [1.82, 2.24) is 10.2 Å². The number of halogens is 4. The molecule has 2 bridgehead atoms. The molecule has 4 fully saturated rings. The third-order valence-corrected chi connectivity index (χ3v) is 4.71. The van der Waals surface area contributed by atoms with Gasteiger partial charge < -0.3 is 10.2 Å². The van der Waals surface area contributed by atoms with E-state index in [9.17, 15) is 13.2 Å². The number of nitrogens with zero attached hydrogens (tertiary/aromatic N) is 2. The summed E-state index contributed by atoms with van der Waals surface area (Å²) >= 11 is 0. The zero-order valence-electron chi connectivity index (χ0n) is 11.0. The first-order valence-electron chi connectivity index (χ1n) is 6.64.